The van der Waals surface area contributed by atoms with Crippen molar-refractivity contribution in [1.29, 1.82) is 0 Å². The molecule has 7 heteroatoms. The van der Waals surface area contributed by atoms with Crippen LogP contribution in [0, 0.1) is 5.82 Å². The van der Waals surface area contributed by atoms with E-state index in [2.05, 4.69) is 10.2 Å². The molecule has 0 radical (unpaired) electrons. The van der Waals surface area contributed by atoms with Crippen LogP contribution in [0.2, 0.25) is 5.02 Å². The molecular weight excluding hydrogens is 333 g/mol. The van der Waals surface area contributed by atoms with Crippen molar-refractivity contribution in [1.82, 2.24) is 15.1 Å². The molecule has 5 nitrogen and oxygen atoms in total. The molecule has 130 valence electrons. The summed E-state index contributed by atoms with van der Waals surface area (Å²) in [7, 11) is 0. The number of hydrogen-bond acceptors (Lipinski definition) is 3. The third-order valence-corrected chi connectivity index (χ3v) is 5.20. The predicted molar refractivity (Wildman–Crippen MR) is 89.0 cm³/mol. The van der Waals surface area contributed by atoms with E-state index in [0.717, 1.165) is 18.5 Å². The summed E-state index contributed by atoms with van der Waals surface area (Å²) in [5, 5.41) is 3.27. The lowest BCUT2D eigenvalue weighted by Gasteiger charge is -2.41. The van der Waals surface area contributed by atoms with Gasteiger partial charge >= 0.3 is 0 Å². The number of amides is 2. The molecule has 0 unspecified atom stereocenters. The molecule has 2 aliphatic heterocycles. The standard InChI is InChI=1S/C17H21ClFN3O2/c1-10-17(24)22-8-14(20-11(2)23)6-15(22)9-21(10)7-12-3-4-13(19)5-16(12)18/h3-5,10,14-15H,6-9H2,1-2H3,(H,20,23)/t10-,14-,15-/m0/s1. The SMILES string of the molecule is CC(=O)N[C@H]1C[C@H]2CN(Cc3ccc(F)cc3Cl)[C@@H](C)C(=O)N2C1. The number of nitrogens with zero attached hydrogens (tertiary/aromatic N) is 2. The molecule has 2 heterocycles. The number of rotatable bonds is 3. The first-order valence-electron chi connectivity index (χ1n) is 8.10. The highest BCUT2D eigenvalue weighted by atomic mass is 35.5. The molecule has 0 spiro atoms. The van der Waals surface area contributed by atoms with Crippen LogP contribution in [0.5, 0.6) is 0 Å². The molecule has 3 rings (SSSR count). The van der Waals surface area contributed by atoms with Crippen molar-refractivity contribution < 1.29 is 14.0 Å². The average Bonchev–Trinajstić information content (AvgIpc) is 2.89. The highest BCUT2D eigenvalue weighted by Crippen LogP contribution is 2.28. The van der Waals surface area contributed by atoms with Crippen LogP contribution < -0.4 is 5.32 Å². The molecule has 0 bridgehead atoms. The number of halogens is 2. The Kier molecular flexibility index (Phi) is 4.78. The van der Waals surface area contributed by atoms with E-state index in [1.807, 2.05) is 11.8 Å². The van der Waals surface area contributed by atoms with Gasteiger partial charge in [-0.3, -0.25) is 14.5 Å². The van der Waals surface area contributed by atoms with Crippen molar-refractivity contribution in [3.05, 3.63) is 34.6 Å². The number of benzene rings is 1. The van der Waals surface area contributed by atoms with E-state index in [1.165, 1.54) is 19.1 Å². The molecule has 2 saturated heterocycles. The Bertz CT molecular complexity index is 669. The van der Waals surface area contributed by atoms with E-state index < -0.39 is 0 Å². The van der Waals surface area contributed by atoms with Gasteiger partial charge in [-0.1, -0.05) is 17.7 Å². The fraction of sp³-hybridized carbons (Fsp3) is 0.529. The number of piperazine rings is 1. The van der Waals surface area contributed by atoms with Crippen LogP contribution in [0.15, 0.2) is 18.2 Å². The summed E-state index contributed by atoms with van der Waals surface area (Å²) in [6.07, 6.45) is 0.756. The van der Waals surface area contributed by atoms with Crippen LogP contribution in [0.25, 0.3) is 0 Å². The van der Waals surface area contributed by atoms with E-state index in [-0.39, 0.29) is 35.8 Å². The molecule has 0 aromatic heterocycles. The lowest BCUT2D eigenvalue weighted by Crippen LogP contribution is -2.58. The van der Waals surface area contributed by atoms with Crippen molar-refractivity contribution in [2.75, 3.05) is 13.1 Å². The van der Waals surface area contributed by atoms with Crippen molar-refractivity contribution in [3.8, 4) is 0 Å². The zero-order chi connectivity index (χ0) is 17.4. The third-order valence-electron chi connectivity index (χ3n) is 4.84. The maximum Gasteiger partial charge on any atom is 0.240 e. The highest BCUT2D eigenvalue weighted by molar-refractivity contribution is 6.31. The van der Waals surface area contributed by atoms with Gasteiger partial charge in [-0.25, -0.2) is 4.39 Å². The summed E-state index contributed by atoms with van der Waals surface area (Å²) >= 11 is 6.12. The minimum Gasteiger partial charge on any atom is -0.352 e. The van der Waals surface area contributed by atoms with Crippen LogP contribution in [-0.2, 0) is 16.1 Å². The second-order valence-corrected chi connectivity index (χ2v) is 7.03. The molecule has 1 N–H and O–H groups in total. The van der Waals surface area contributed by atoms with E-state index >= 15 is 0 Å². The average molecular weight is 354 g/mol. The highest BCUT2D eigenvalue weighted by Gasteiger charge is 2.43. The Hall–Kier alpha value is -1.66. The van der Waals surface area contributed by atoms with Crippen LogP contribution in [0.1, 0.15) is 25.8 Å². The third kappa shape index (κ3) is 3.39. The lowest BCUT2D eigenvalue weighted by molar-refractivity contribution is -0.143. The largest absolute Gasteiger partial charge is 0.352 e. The van der Waals surface area contributed by atoms with Gasteiger partial charge in [0.05, 0.1) is 6.04 Å². The minimum atomic E-state index is -0.369. The summed E-state index contributed by atoms with van der Waals surface area (Å²) in [4.78, 5) is 27.8. The Morgan fingerprint density at radius 3 is 2.83 bits per heavy atom. The Morgan fingerprint density at radius 1 is 1.42 bits per heavy atom. The monoisotopic (exact) mass is 353 g/mol. The number of hydrogen-bond donors (Lipinski definition) is 1. The topological polar surface area (TPSA) is 52.7 Å². The van der Waals surface area contributed by atoms with Crippen molar-refractivity contribution in [3.63, 3.8) is 0 Å². The van der Waals surface area contributed by atoms with Crippen molar-refractivity contribution >= 4 is 23.4 Å². The van der Waals surface area contributed by atoms with Gasteiger partial charge in [0.1, 0.15) is 5.82 Å². The molecule has 2 amide bonds. The number of nitrogens with one attached hydrogen (secondary N) is 1. The molecular formula is C17H21ClFN3O2. The Morgan fingerprint density at radius 2 is 2.17 bits per heavy atom. The van der Waals surface area contributed by atoms with Crippen molar-refractivity contribution in [2.45, 2.75) is 44.9 Å². The van der Waals surface area contributed by atoms with Gasteiger partial charge in [-0.15, -0.1) is 0 Å². The molecule has 0 saturated carbocycles. The van der Waals surface area contributed by atoms with Crippen molar-refractivity contribution in [2.24, 2.45) is 0 Å². The summed E-state index contributed by atoms with van der Waals surface area (Å²) in [6.45, 7) is 5.16. The number of carbonyl (C=O) groups excluding carboxylic acids is 2. The second-order valence-electron chi connectivity index (χ2n) is 6.62. The molecule has 0 aliphatic carbocycles. The van der Waals surface area contributed by atoms with E-state index in [1.54, 1.807) is 6.07 Å². The first kappa shape index (κ1) is 17.2. The van der Waals surface area contributed by atoms with Crippen LogP contribution >= 0.6 is 11.6 Å². The Balaban J connectivity index is 1.72. The van der Waals surface area contributed by atoms with Gasteiger partial charge < -0.3 is 10.2 Å². The van der Waals surface area contributed by atoms with Gasteiger partial charge in [0, 0.05) is 43.7 Å². The number of fused-ring (bicyclic) bond motifs is 1. The number of carbonyl (C=O) groups is 2. The molecule has 2 fully saturated rings. The second kappa shape index (κ2) is 6.69. The van der Waals surface area contributed by atoms with E-state index in [0.29, 0.717) is 18.1 Å². The van der Waals surface area contributed by atoms with Gasteiger partial charge in [0.2, 0.25) is 11.8 Å². The molecule has 1 aromatic rings. The fourth-order valence-corrected chi connectivity index (χ4v) is 3.87. The maximum absolute atomic E-state index is 13.2. The summed E-state index contributed by atoms with van der Waals surface area (Å²) in [5.74, 6) is -0.376. The zero-order valence-electron chi connectivity index (χ0n) is 13.8. The molecule has 2 aliphatic rings. The molecule has 1 aromatic carbocycles. The van der Waals surface area contributed by atoms with Gasteiger partial charge in [-0.05, 0) is 31.0 Å². The maximum atomic E-state index is 13.2. The quantitative estimate of drug-likeness (QED) is 0.901. The molecule has 24 heavy (non-hydrogen) atoms. The minimum absolute atomic E-state index is 0.0120. The smallest absolute Gasteiger partial charge is 0.240 e. The summed E-state index contributed by atoms with van der Waals surface area (Å²) < 4.78 is 13.2. The van der Waals surface area contributed by atoms with Crippen LogP contribution in [-0.4, -0.2) is 52.8 Å². The van der Waals surface area contributed by atoms with Crippen LogP contribution in [0.3, 0.4) is 0 Å². The van der Waals surface area contributed by atoms with Crippen LogP contribution in [0.4, 0.5) is 4.39 Å². The van der Waals surface area contributed by atoms with Gasteiger partial charge in [0.25, 0.3) is 0 Å². The first-order valence-corrected chi connectivity index (χ1v) is 8.48. The summed E-state index contributed by atoms with van der Waals surface area (Å²) in [6, 6.07) is 4.17. The Labute approximate surface area is 145 Å². The zero-order valence-corrected chi connectivity index (χ0v) is 14.5. The van der Waals surface area contributed by atoms with E-state index in [9.17, 15) is 14.0 Å². The first-order chi connectivity index (χ1) is 11.3. The van der Waals surface area contributed by atoms with E-state index in [4.69, 9.17) is 11.6 Å². The van der Waals surface area contributed by atoms with Gasteiger partial charge in [-0.2, -0.15) is 0 Å². The normalized spacial score (nSPS) is 27.2. The summed E-state index contributed by atoms with van der Waals surface area (Å²) in [5.41, 5.74) is 0.808. The fourth-order valence-electron chi connectivity index (χ4n) is 3.65. The van der Waals surface area contributed by atoms with Gasteiger partial charge in [0.15, 0.2) is 0 Å². The lowest BCUT2D eigenvalue weighted by atomic mass is 10.1. The predicted octanol–water partition coefficient (Wildman–Crippen LogP) is 1.79. The molecule has 3 atom stereocenters.